The maximum atomic E-state index is 8.76. The first kappa shape index (κ1) is 12.0. The van der Waals surface area contributed by atoms with Crippen LogP contribution in [0.3, 0.4) is 0 Å². The second kappa shape index (κ2) is 5.10. The third-order valence-electron chi connectivity index (χ3n) is 3.06. The van der Waals surface area contributed by atoms with Crippen LogP contribution < -0.4 is 11.1 Å². The standard InChI is InChI=1S/C11H24N2O/c1-11(2,4-3-5-14)8-13-10-6-9(12)7-10/h9-10,13-14H,3-8,12H2,1-2H3. The lowest BCUT2D eigenvalue weighted by atomic mass is 9.84. The molecule has 1 aliphatic carbocycles. The molecule has 0 heterocycles. The fraction of sp³-hybridized carbons (Fsp3) is 1.00. The first-order valence-electron chi connectivity index (χ1n) is 5.63. The van der Waals surface area contributed by atoms with Gasteiger partial charge in [-0.2, -0.15) is 0 Å². The predicted molar refractivity (Wildman–Crippen MR) is 59.1 cm³/mol. The zero-order chi connectivity index (χ0) is 10.6. The summed E-state index contributed by atoms with van der Waals surface area (Å²) in [4.78, 5) is 0. The van der Waals surface area contributed by atoms with E-state index >= 15 is 0 Å². The molecule has 1 saturated carbocycles. The Morgan fingerprint density at radius 1 is 1.43 bits per heavy atom. The first-order chi connectivity index (χ1) is 6.53. The summed E-state index contributed by atoms with van der Waals surface area (Å²) in [5.74, 6) is 0. The van der Waals surface area contributed by atoms with Gasteiger partial charge in [-0.05, 0) is 31.1 Å². The van der Waals surface area contributed by atoms with Crippen LogP contribution in [0.5, 0.6) is 0 Å². The second-order valence-corrected chi connectivity index (χ2v) is 5.30. The van der Waals surface area contributed by atoms with Crippen LogP contribution in [-0.4, -0.2) is 30.3 Å². The van der Waals surface area contributed by atoms with Crippen molar-refractivity contribution in [3.05, 3.63) is 0 Å². The SMILES string of the molecule is CC(C)(CCCO)CNC1CC(N)C1. The molecule has 4 N–H and O–H groups in total. The number of nitrogens with one attached hydrogen (secondary N) is 1. The zero-order valence-electron chi connectivity index (χ0n) is 9.42. The molecule has 1 rings (SSSR count). The topological polar surface area (TPSA) is 58.3 Å². The molecule has 14 heavy (non-hydrogen) atoms. The Balaban J connectivity index is 2.09. The minimum atomic E-state index is 0.294. The van der Waals surface area contributed by atoms with E-state index in [1.807, 2.05) is 0 Å². The summed E-state index contributed by atoms with van der Waals surface area (Å²) in [5, 5.41) is 12.3. The Morgan fingerprint density at radius 3 is 2.57 bits per heavy atom. The van der Waals surface area contributed by atoms with E-state index < -0.39 is 0 Å². The zero-order valence-corrected chi connectivity index (χ0v) is 9.42. The minimum absolute atomic E-state index is 0.294. The van der Waals surface area contributed by atoms with Gasteiger partial charge in [0.15, 0.2) is 0 Å². The monoisotopic (exact) mass is 200 g/mol. The average Bonchev–Trinajstić information content (AvgIpc) is 2.07. The van der Waals surface area contributed by atoms with Crippen molar-refractivity contribution < 1.29 is 5.11 Å². The summed E-state index contributed by atoms with van der Waals surface area (Å²) >= 11 is 0. The molecule has 1 aliphatic rings. The lowest BCUT2D eigenvalue weighted by Crippen LogP contribution is -2.50. The molecule has 0 aliphatic heterocycles. The lowest BCUT2D eigenvalue weighted by molar-refractivity contribution is 0.211. The maximum absolute atomic E-state index is 8.76. The number of hydrogen-bond donors (Lipinski definition) is 3. The van der Waals surface area contributed by atoms with Gasteiger partial charge in [0.05, 0.1) is 0 Å². The highest BCUT2D eigenvalue weighted by Gasteiger charge is 2.27. The highest BCUT2D eigenvalue weighted by atomic mass is 16.2. The maximum Gasteiger partial charge on any atom is 0.0431 e. The molecule has 0 aromatic rings. The number of aliphatic hydroxyl groups excluding tert-OH is 1. The Bertz CT molecular complexity index is 165. The van der Waals surface area contributed by atoms with Crippen LogP contribution in [0.2, 0.25) is 0 Å². The average molecular weight is 200 g/mol. The smallest absolute Gasteiger partial charge is 0.0431 e. The van der Waals surface area contributed by atoms with Gasteiger partial charge < -0.3 is 16.2 Å². The summed E-state index contributed by atoms with van der Waals surface area (Å²) in [5.41, 5.74) is 6.01. The Kier molecular flexibility index (Phi) is 4.35. The predicted octanol–water partition coefficient (Wildman–Crippen LogP) is 0.864. The summed E-state index contributed by atoms with van der Waals surface area (Å²) in [7, 11) is 0. The van der Waals surface area contributed by atoms with E-state index in [-0.39, 0.29) is 0 Å². The van der Waals surface area contributed by atoms with E-state index in [2.05, 4.69) is 19.2 Å². The van der Waals surface area contributed by atoms with Crippen LogP contribution in [-0.2, 0) is 0 Å². The van der Waals surface area contributed by atoms with Gasteiger partial charge in [0.25, 0.3) is 0 Å². The minimum Gasteiger partial charge on any atom is -0.396 e. The van der Waals surface area contributed by atoms with E-state index in [9.17, 15) is 0 Å². The number of rotatable bonds is 6. The van der Waals surface area contributed by atoms with Crippen molar-refractivity contribution in [3.63, 3.8) is 0 Å². The molecule has 0 unspecified atom stereocenters. The quantitative estimate of drug-likeness (QED) is 0.596. The van der Waals surface area contributed by atoms with Crippen molar-refractivity contribution in [1.82, 2.24) is 5.32 Å². The molecule has 0 amide bonds. The Labute approximate surface area is 87.1 Å². The summed E-state index contributed by atoms with van der Waals surface area (Å²) in [6.07, 6.45) is 4.22. The van der Waals surface area contributed by atoms with Gasteiger partial charge in [0.2, 0.25) is 0 Å². The fourth-order valence-corrected chi connectivity index (χ4v) is 1.90. The molecule has 84 valence electrons. The Hall–Kier alpha value is -0.120. The fourth-order valence-electron chi connectivity index (χ4n) is 1.90. The van der Waals surface area contributed by atoms with Gasteiger partial charge in [-0.25, -0.2) is 0 Å². The third kappa shape index (κ3) is 3.95. The molecular weight excluding hydrogens is 176 g/mol. The molecule has 0 aromatic carbocycles. The van der Waals surface area contributed by atoms with Gasteiger partial charge in [0.1, 0.15) is 0 Å². The van der Waals surface area contributed by atoms with Crippen LogP contribution in [0.15, 0.2) is 0 Å². The second-order valence-electron chi connectivity index (χ2n) is 5.30. The van der Waals surface area contributed by atoms with Crippen molar-refractivity contribution in [2.75, 3.05) is 13.2 Å². The molecule has 0 radical (unpaired) electrons. The van der Waals surface area contributed by atoms with Gasteiger partial charge in [-0.1, -0.05) is 13.8 Å². The van der Waals surface area contributed by atoms with E-state index in [1.54, 1.807) is 0 Å². The summed E-state index contributed by atoms with van der Waals surface area (Å²) in [6.45, 7) is 5.82. The molecule has 1 fully saturated rings. The van der Waals surface area contributed by atoms with E-state index in [1.165, 1.54) is 0 Å². The first-order valence-corrected chi connectivity index (χ1v) is 5.63. The van der Waals surface area contributed by atoms with Crippen molar-refractivity contribution in [2.45, 2.75) is 51.6 Å². The summed E-state index contributed by atoms with van der Waals surface area (Å²) < 4.78 is 0. The van der Waals surface area contributed by atoms with Gasteiger partial charge in [0, 0.05) is 25.2 Å². The van der Waals surface area contributed by atoms with E-state index in [4.69, 9.17) is 10.8 Å². The number of nitrogens with two attached hydrogens (primary N) is 1. The van der Waals surface area contributed by atoms with Gasteiger partial charge in [-0.15, -0.1) is 0 Å². The highest BCUT2D eigenvalue weighted by molar-refractivity contribution is 4.88. The molecule has 0 aromatic heterocycles. The van der Waals surface area contributed by atoms with Crippen molar-refractivity contribution in [1.29, 1.82) is 0 Å². The normalized spacial score (nSPS) is 27.4. The van der Waals surface area contributed by atoms with E-state index in [0.29, 0.717) is 24.1 Å². The van der Waals surface area contributed by atoms with Crippen molar-refractivity contribution in [3.8, 4) is 0 Å². The molecule has 0 atom stereocenters. The van der Waals surface area contributed by atoms with E-state index in [0.717, 1.165) is 32.2 Å². The lowest BCUT2D eigenvalue weighted by Gasteiger charge is -2.36. The number of hydrogen-bond acceptors (Lipinski definition) is 3. The number of aliphatic hydroxyl groups is 1. The third-order valence-corrected chi connectivity index (χ3v) is 3.06. The summed E-state index contributed by atoms with van der Waals surface area (Å²) in [6, 6.07) is 1.06. The Morgan fingerprint density at radius 2 is 2.07 bits per heavy atom. The van der Waals surface area contributed by atoms with Crippen LogP contribution in [0, 0.1) is 5.41 Å². The highest BCUT2D eigenvalue weighted by Crippen LogP contribution is 2.23. The molecular formula is C11H24N2O. The molecule has 0 bridgehead atoms. The van der Waals surface area contributed by atoms with Crippen LogP contribution in [0.25, 0.3) is 0 Å². The molecule has 0 saturated heterocycles. The molecule has 0 spiro atoms. The molecule has 3 heteroatoms. The molecule has 3 nitrogen and oxygen atoms in total. The van der Waals surface area contributed by atoms with Crippen LogP contribution in [0.1, 0.15) is 39.5 Å². The van der Waals surface area contributed by atoms with Crippen molar-refractivity contribution >= 4 is 0 Å². The largest absolute Gasteiger partial charge is 0.396 e. The van der Waals surface area contributed by atoms with Gasteiger partial charge in [-0.3, -0.25) is 0 Å². The van der Waals surface area contributed by atoms with Crippen LogP contribution in [0.4, 0.5) is 0 Å². The van der Waals surface area contributed by atoms with Crippen LogP contribution >= 0.6 is 0 Å². The van der Waals surface area contributed by atoms with Crippen molar-refractivity contribution in [2.24, 2.45) is 11.1 Å². The van der Waals surface area contributed by atoms with Gasteiger partial charge >= 0.3 is 0 Å².